The van der Waals surface area contributed by atoms with Gasteiger partial charge in [0.2, 0.25) is 11.8 Å². The topological polar surface area (TPSA) is 105 Å². The molecule has 214 valence electrons. The molecule has 0 spiro atoms. The highest BCUT2D eigenvalue weighted by molar-refractivity contribution is 7.92. The Morgan fingerprint density at radius 3 is 1.90 bits per heavy atom. The van der Waals surface area contributed by atoms with E-state index in [0.29, 0.717) is 23.6 Å². The Hall–Kier alpha value is -4.05. The van der Waals surface area contributed by atoms with Gasteiger partial charge in [-0.15, -0.1) is 0 Å². The molecule has 0 saturated carbocycles. The van der Waals surface area contributed by atoms with Crippen molar-refractivity contribution in [2.45, 2.75) is 50.7 Å². The number of methoxy groups -OCH3 is 2. The average molecular weight is 568 g/mol. The lowest BCUT2D eigenvalue weighted by atomic mass is 10.1. The SMILES string of the molecule is CC[C@@H](C(=O)NC(C)C)N(Cc1ccc(OC)cc1)C(=O)CN(c1ccccc1)S(=O)(=O)c1ccc(OC)cc1. The van der Waals surface area contributed by atoms with Gasteiger partial charge < -0.3 is 19.7 Å². The van der Waals surface area contributed by atoms with E-state index in [-0.39, 0.29) is 23.4 Å². The lowest BCUT2D eigenvalue weighted by molar-refractivity contribution is -0.140. The predicted octanol–water partition coefficient (Wildman–Crippen LogP) is 4.23. The predicted molar refractivity (Wildman–Crippen MR) is 155 cm³/mol. The highest BCUT2D eigenvalue weighted by atomic mass is 32.2. The molecule has 0 unspecified atom stereocenters. The number of benzene rings is 3. The Morgan fingerprint density at radius 2 is 1.40 bits per heavy atom. The van der Waals surface area contributed by atoms with Crippen LogP contribution in [0, 0.1) is 0 Å². The van der Waals surface area contributed by atoms with Crippen LogP contribution in [0.15, 0.2) is 83.8 Å². The van der Waals surface area contributed by atoms with E-state index in [1.54, 1.807) is 61.7 Å². The van der Waals surface area contributed by atoms with Crippen LogP contribution in [0.25, 0.3) is 0 Å². The number of sulfonamides is 1. The van der Waals surface area contributed by atoms with Crippen LogP contribution >= 0.6 is 0 Å². The second kappa shape index (κ2) is 13.8. The molecule has 3 aromatic carbocycles. The van der Waals surface area contributed by atoms with E-state index in [0.717, 1.165) is 9.87 Å². The Morgan fingerprint density at radius 1 is 0.850 bits per heavy atom. The third kappa shape index (κ3) is 7.53. The summed E-state index contributed by atoms with van der Waals surface area (Å²) in [5.74, 6) is 0.354. The van der Waals surface area contributed by atoms with Crippen LogP contribution in [-0.4, -0.2) is 58.0 Å². The van der Waals surface area contributed by atoms with Crippen molar-refractivity contribution in [3.63, 3.8) is 0 Å². The number of amides is 2. The molecular formula is C30H37N3O6S. The molecule has 1 atom stereocenters. The molecule has 9 nitrogen and oxygen atoms in total. The van der Waals surface area contributed by atoms with Crippen LogP contribution < -0.4 is 19.1 Å². The number of para-hydroxylation sites is 1. The molecule has 2 amide bonds. The molecule has 3 aromatic rings. The minimum absolute atomic E-state index is 0.0104. The number of ether oxygens (including phenoxy) is 2. The summed E-state index contributed by atoms with van der Waals surface area (Å²) in [6.45, 7) is 5.12. The van der Waals surface area contributed by atoms with Crippen molar-refractivity contribution >= 4 is 27.5 Å². The van der Waals surface area contributed by atoms with E-state index in [1.807, 2.05) is 32.9 Å². The number of nitrogens with one attached hydrogen (secondary N) is 1. The molecule has 0 aliphatic heterocycles. The molecule has 0 radical (unpaired) electrons. The summed E-state index contributed by atoms with van der Waals surface area (Å²) < 4.78 is 39.2. The number of carbonyl (C=O) groups is 2. The van der Waals surface area contributed by atoms with Gasteiger partial charge in [0.15, 0.2) is 0 Å². The molecular weight excluding hydrogens is 530 g/mol. The van der Waals surface area contributed by atoms with E-state index in [2.05, 4.69) is 5.32 Å². The van der Waals surface area contributed by atoms with Crippen LogP contribution in [0.1, 0.15) is 32.8 Å². The second-order valence-corrected chi connectivity index (χ2v) is 11.3. The minimum Gasteiger partial charge on any atom is -0.497 e. The van der Waals surface area contributed by atoms with E-state index < -0.39 is 28.5 Å². The molecule has 0 saturated heterocycles. The van der Waals surface area contributed by atoms with Crippen molar-refractivity contribution in [1.82, 2.24) is 10.2 Å². The van der Waals surface area contributed by atoms with Crippen molar-refractivity contribution < 1.29 is 27.5 Å². The maximum Gasteiger partial charge on any atom is 0.264 e. The monoisotopic (exact) mass is 567 g/mol. The zero-order chi connectivity index (χ0) is 29.3. The van der Waals surface area contributed by atoms with Crippen molar-refractivity contribution in [1.29, 1.82) is 0 Å². The first-order valence-electron chi connectivity index (χ1n) is 13.0. The molecule has 0 aromatic heterocycles. The summed E-state index contributed by atoms with van der Waals surface area (Å²) in [5, 5.41) is 2.89. The van der Waals surface area contributed by atoms with Crippen molar-refractivity contribution in [3.8, 4) is 11.5 Å². The first-order chi connectivity index (χ1) is 19.1. The minimum atomic E-state index is -4.15. The fraction of sp³-hybridized carbons (Fsp3) is 0.333. The highest BCUT2D eigenvalue weighted by Gasteiger charge is 2.33. The van der Waals surface area contributed by atoms with Crippen LogP contribution in [0.4, 0.5) is 5.69 Å². The molecule has 0 bridgehead atoms. The van der Waals surface area contributed by atoms with Crippen LogP contribution in [0.2, 0.25) is 0 Å². The normalized spacial score (nSPS) is 11.9. The molecule has 0 aliphatic rings. The lowest BCUT2D eigenvalue weighted by Crippen LogP contribution is -2.53. The van der Waals surface area contributed by atoms with Crippen LogP contribution in [0.5, 0.6) is 11.5 Å². The first kappa shape index (κ1) is 30.5. The fourth-order valence-electron chi connectivity index (χ4n) is 4.23. The number of hydrogen-bond donors (Lipinski definition) is 1. The van der Waals surface area contributed by atoms with Gasteiger partial charge in [-0.25, -0.2) is 8.42 Å². The van der Waals surface area contributed by atoms with Gasteiger partial charge in [0.1, 0.15) is 24.1 Å². The van der Waals surface area contributed by atoms with E-state index in [4.69, 9.17) is 9.47 Å². The Kier molecular flexibility index (Phi) is 10.6. The lowest BCUT2D eigenvalue weighted by Gasteiger charge is -2.33. The molecule has 0 heterocycles. The zero-order valence-electron chi connectivity index (χ0n) is 23.5. The zero-order valence-corrected chi connectivity index (χ0v) is 24.4. The van der Waals surface area contributed by atoms with Gasteiger partial charge in [0.25, 0.3) is 10.0 Å². The van der Waals surface area contributed by atoms with Crippen molar-refractivity contribution in [2.75, 3.05) is 25.1 Å². The number of carbonyl (C=O) groups excluding carboxylic acids is 2. The van der Waals surface area contributed by atoms with E-state index >= 15 is 0 Å². The third-order valence-corrected chi connectivity index (χ3v) is 8.09. The van der Waals surface area contributed by atoms with Crippen LogP contribution in [-0.2, 0) is 26.2 Å². The summed E-state index contributed by atoms with van der Waals surface area (Å²) in [5.41, 5.74) is 1.10. The van der Waals surface area contributed by atoms with Crippen molar-refractivity contribution in [2.24, 2.45) is 0 Å². The van der Waals surface area contributed by atoms with Gasteiger partial charge in [-0.3, -0.25) is 13.9 Å². The van der Waals surface area contributed by atoms with Crippen LogP contribution in [0.3, 0.4) is 0 Å². The van der Waals surface area contributed by atoms with Gasteiger partial charge in [-0.1, -0.05) is 37.3 Å². The molecule has 0 aliphatic carbocycles. The Labute approximate surface area is 236 Å². The standard InChI is InChI=1S/C30H37N3O6S/c1-6-28(30(35)31-22(2)3)32(20-23-12-14-25(38-4)15-13-23)29(34)21-33(24-10-8-7-9-11-24)40(36,37)27-18-16-26(39-5)17-19-27/h7-19,22,28H,6,20-21H2,1-5H3,(H,31,35)/t28-/m0/s1. The third-order valence-electron chi connectivity index (χ3n) is 6.30. The van der Waals surface area contributed by atoms with Gasteiger partial charge in [0, 0.05) is 12.6 Å². The van der Waals surface area contributed by atoms with Crippen molar-refractivity contribution in [3.05, 3.63) is 84.4 Å². The summed E-state index contributed by atoms with van der Waals surface area (Å²) in [6.07, 6.45) is 0.344. The van der Waals surface area contributed by atoms with Gasteiger partial charge in [-0.2, -0.15) is 0 Å². The summed E-state index contributed by atoms with van der Waals surface area (Å²) in [6, 6.07) is 20.7. The fourth-order valence-corrected chi connectivity index (χ4v) is 5.64. The first-order valence-corrected chi connectivity index (χ1v) is 14.5. The average Bonchev–Trinajstić information content (AvgIpc) is 2.96. The number of rotatable bonds is 13. The molecule has 40 heavy (non-hydrogen) atoms. The number of hydrogen-bond acceptors (Lipinski definition) is 6. The van der Waals surface area contributed by atoms with Gasteiger partial charge in [-0.05, 0) is 74.4 Å². The largest absolute Gasteiger partial charge is 0.497 e. The summed E-state index contributed by atoms with van der Waals surface area (Å²) in [7, 11) is -1.09. The second-order valence-electron chi connectivity index (χ2n) is 9.48. The molecule has 1 N–H and O–H groups in total. The maximum atomic E-state index is 14.0. The summed E-state index contributed by atoms with van der Waals surface area (Å²) in [4.78, 5) is 28.7. The molecule has 10 heteroatoms. The Balaban J connectivity index is 2.03. The summed E-state index contributed by atoms with van der Waals surface area (Å²) >= 11 is 0. The van der Waals surface area contributed by atoms with E-state index in [1.165, 1.54) is 24.1 Å². The Bertz CT molecular complexity index is 1360. The maximum absolute atomic E-state index is 14.0. The van der Waals surface area contributed by atoms with E-state index in [9.17, 15) is 18.0 Å². The number of anilines is 1. The quantitative estimate of drug-likeness (QED) is 0.332. The van der Waals surface area contributed by atoms with Gasteiger partial charge >= 0.3 is 0 Å². The van der Waals surface area contributed by atoms with Gasteiger partial charge in [0.05, 0.1) is 24.8 Å². The molecule has 0 fully saturated rings. The number of nitrogens with zero attached hydrogens (tertiary/aromatic N) is 2. The highest BCUT2D eigenvalue weighted by Crippen LogP contribution is 2.26. The molecule has 3 rings (SSSR count). The smallest absolute Gasteiger partial charge is 0.264 e.